The van der Waals surface area contributed by atoms with Gasteiger partial charge in [-0.3, -0.25) is 4.21 Å². The molecule has 0 saturated heterocycles. The van der Waals surface area contributed by atoms with Crippen molar-refractivity contribution in [1.82, 2.24) is 9.55 Å². The van der Waals surface area contributed by atoms with Crippen molar-refractivity contribution in [2.45, 2.75) is 19.9 Å². The van der Waals surface area contributed by atoms with Crippen molar-refractivity contribution in [3.8, 4) is 0 Å². The molecule has 0 bridgehead atoms. The summed E-state index contributed by atoms with van der Waals surface area (Å²) in [6.45, 7) is 2.24. The topological polar surface area (TPSA) is 34.9 Å². The maximum Gasteiger partial charge on any atom is 0.153 e. The third-order valence-electron chi connectivity index (χ3n) is 3.03. The number of rotatable bonds is 6. The molecule has 1 aromatic carbocycles. The molecule has 0 spiro atoms. The Balaban J connectivity index is 2.47. The highest BCUT2D eigenvalue weighted by molar-refractivity contribution is 7.84. The first-order chi connectivity index (χ1) is 9.56. The van der Waals surface area contributed by atoms with Crippen molar-refractivity contribution in [2.24, 2.45) is 0 Å². The van der Waals surface area contributed by atoms with Gasteiger partial charge in [-0.25, -0.2) is 13.8 Å². The fraction of sp³-hybridized carbons (Fsp3) is 0.462. The van der Waals surface area contributed by atoms with Crippen molar-refractivity contribution >= 4 is 33.4 Å². The van der Waals surface area contributed by atoms with E-state index in [2.05, 4.69) is 4.98 Å². The van der Waals surface area contributed by atoms with Crippen LogP contribution in [0.15, 0.2) is 12.1 Å². The third kappa shape index (κ3) is 3.17. The second-order valence-corrected chi connectivity index (χ2v) is 6.55. The molecule has 2 aromatic rings. The van der Waals surface area contributed by atoms with Crippen LogP contribution in [0.25, 0.3) is 11.0 Å². The van der Waals surface area contributed by atoms with E-state index in [-0.39, 0.29) is 5.52 Å². The van der Waals surface area contributed by atoms with Gasteiger partial charge in [0.25, 0.3) is 0 Å². The molecule has 1 atom stereocenters. The van der Waals surface area contributed by atoms with Crippen LogP contribution in [0.1, 0.15) is 12.7 Å². The van der Waals surface area contributed by atoms with Gasteiger partial charge in [0.2, 0.25) is 0 Å². The number of hydrogen-bond donors (Lipinski definition) is 0. The van der Waals surface area contributed by atoms with Crippen LogP contribution in [-0.4, -0.2) is 31.1 Å². The van der Waals surface area contributed by atoms with E-state index in [0.29, 0.717) is 41.7 Å². The fourth-order valence-corrected chi connectivity index (χ4v) is 2.90. The van der Waals surface area contributed by atoms with E-state index in [0.717, 1.165) is 6.07 Å². The van der Waals surface area contributed by atoms with E-state index < -0.39 is 22.4 Å². The predicted octanol–water partition coefficient (Wildman–Crippen LogP) is 2.86. The second-order valence-electron chi connectivity index (χ2n) is 4.31. The van der Waals surface area contributed by atoms with Crippen LogP contribution < -0.4 is 0 Å². The van der Waals surface area contributed by atoms with Crippen LogP contribution in [0.5, 0.6) is 0 Å². The number of aryl methyl sites for hydroxylation is 2. The zero-order chi connectivity index (χ0) is 14.7. The van der Waals surface area contributed by atoms with Crippen molar-refractivity contribution in [1.29, 1.82) is 0 Å². The van der Waals surface area contributed by atoms with Crippen molar-refractivity contribution < 1.29 is 13.0 Å². The Morgan fingerprint density at radius 3 is 2.80 bits per heavy atom. The Bertz CT molecular complexity index is 645. The molecule has 0 saturated carbocycles. The standard InChI is InChI=1S/C13H15ClF2N2OS/c1-2-20(19)6-5-18-11-8-9(15)7-10(16)13(11)17-12(18)3-4-14/h7-8H,2-6H2,1H3. The zero-order valence-electron chi connectivity index (χ0n) is 11.0. The van der Waals surface area contributed by atoms with E-state index in [1.807, 2.05) is 6.92 Å². The van der Waals surface area contributed by atoms with Crippen molar-refractivity contribution in [2.75, 3.05) is 17.4 Å². The van der Waals surface area contributed by atoms with Gasteiger partial charge >= 0.3 is 0 Å². The molecule has 1 heterocycles. The van der Waals surface area contributed by atoms with Gasteiger partial charge in [-0.1, -0.05) is 6.92 Å². The van der Waals surface area contributed by atoms with Gasteiger partial charge < -0.3 is 4.57 Å². The molecule has 2 rings (SSSR count). The molecule has 0 aliphatic carbocycles. The van der Waals surface area contributed by atoms with E-state index in [1.54, 1.807) is 4.57 Å². The van der Waals surface area contributed by atoms with Gasteiger partial charge in [0.1, 0.15) is 17.2 Å². The van der Waals surface area contributed by atoms with Crippen LogP contribution >= 0.6 is 11.6 Å². The summed E-state index contributed by atoms with van der Waals surface area (Å²) in [5, 5.41) is 0. The summed E-state index contributed by atoms with van der Waals surface area (Å²) in [5.41, 5.74) is 0.518. The van der Waals surface area contributed by atoms with Gasteiger partial charge in [-0.2, -0.15) is 0 Å². The van der Waals surface area contributed by atoms with Crippen molar-refractivity contribution in [3.63, 3.8) is 0 Å². The first-order valence-corrected chi connectivity index (χ1v) is 8.34. The predicted molar refractivity (Wildman–Crippen MR) is 77.6 cm³/mol. The van der Waals surface area contributed by atoms with Gasteiger partial charge in [0, 0.05) is 47.2 Å². The molecular formula is C13H15ClF2N2OS. The summed E-state index contributed by atoms with van der Waals surface area (Å²) >= 11 is 5.72. The highest BCUT2D eigenvalue weighted by Gasteiger charge is 2.15. The summed E-state index contributed by atoms with van der Waals surface area (Å²) in [6, 6.07) is 2.06. The van der Waals surface area contributed by atoms with Crippen LogP contribution in [0.4, 0.5) is 8.78 Å². The van der Waals surface area contributed by atoms with Crippen molar-refractivity contribution in [3.05, 3.63) is 29.6 Å². The number of benzene rings is 1. The lowest BCUT2D eigenvalue weighted by Crippen LogP contribution is -2.12. The smallest absolute Gasteiger partial charge is 0.153 e. The normalized spacial score (nSPS) is 13.0. The van der Waals surface area contributed by atoms with E-state index in [4.69, 9.17) is 11.6 Å². The van der Waals surface area contributed by atoms with Crippen LogP contribution in [0.3, 0.4) is 0 Å². The lowest BCUT2D eigenvalue weighted by molar-refractivity contribution is 0.590. The number of alkyl halides is 1. The number of fused-ring (bicyclic) bond motifs is 1. The van der Waals surface area contributed by atoms with Gasteiger partial charge in [0.05, 0.1) is 5.52 Å². The minimum Gasteiger partial charge on any atom is -0.327 e. The summed E-state index contributed by atoms with van der Waals surface area (Å²) in [6.07, 6.45) is 0.454. The van der Waals surface area contributed by atoms with E-state index in [9.17, 15) is 13.0 Å². The SMILES string of the molecule is CCS(=O)CCn1c(CCCl)nc2c(F)cc(F)cc21. The molecule has 1 unspecified atom stereocenters. The molecule has 0 fully saturated rings. The Labute approximate surface area is 123 Å². The quantitative estimate of drug-likeness (QED) is 0.767. The molecular weight excluding hydrogens is 306 g/mol. The number of hydrogen-bond acceptors (Lipinski definition) is 2. The molecule has 0 radical (unpaired) electrons. The summed E-state index contributed by atoms with van der Waals surface area (Å²) in [5.74, 6) is 0.573. The molecule has 20 heavy (non-hydrogen) atoms. The summed E-state index contributed by atoms with van der Waals surface area (Å²) in [7, 11) is -0.947. The molecule has 0 amide bonds. The third-order valence-corrected chi connectivity index (χ3v) is 4.50. The van der Waals surface area contributed by atoms with E-state index in [1.165, 1.54) is 6.07 Å². The average molecular weight is 321 g/mol. The summed E-state index contributed by atoms with van der Waals surface area (Å²) < 4.78 is 40.4. The fourth-order valence-electron chi connectivity index (χ4n) is 2.06. The first-order valence-electron chi connectivity index (χ1n) is 6.32. The molecule has 3 nitrogen and oxygen atoms in total. The summed E-state index contributed by atoms with van der Waals surface area (Å²) in [4.78, 5) is 4.18. The number of imidazole rings is 1. The van der Waals surface area contributed by atoms with Crippen LogP contribution in [0.2, 0.25) is 0 Å². The highest BCUT2D eigenvalue weighted by atomic mass is 35.5. The molecule has 0 aliphatic heterocycles. The largest absolute Gasteiger partial charge is 0.327 e. The Morgan fingerprint density at radius 1 is 1.40 bits per heavy atom. The number of aromatic nitrogens is 2. The van der Waals surface area contributed by atoms with E-state index >= 15 is 0 Å². The zero-order valence-corrected chi connectivity index (χ0v) is 12.6. The number of nitrogens with zero attached hydrogens (tertiary/aromatic N) is 2. The van der Waals surface area contributed by atoms with Gasteiger partial charge in [0.15, 0.2) is 5.82 Å². The maximum atomic E-state index is 13.7. The minimum absolute atomic E-state index is 0.133. The molecule has 1 aromatic heterocycles. The van der Waals surface area contributed by atoms with Crippen LogP contribution in [-0.2, 0) is 23.8 Å². The Hall–Kier alpha value is -1.01. The van der Waals surface area contributed by atoms with Crippen LogP contribution in [0, 0.1) is 11.6 Å². The molecule has 0 aliphatic rings. The van der Waals surface area contributed by atoms with Gasteiger partial charge in [-0.15, -0.1) is 11.6 Å². The monoisotopic (exact) mass is 320 g/mol. The van der Waals surface area contributed by atoms with Gasteiger partial charge in [-0.05, 0) is 6.07 Å². The first kappa shape index (κ1) is 15.4. The maximum absolute atomic E-state index is 13.7. The Kier molecular flexibility index (Phi) is 5.10. The lowest BCUT2D eigenvalue weighted by Gasteiger charge is -2.08. The Morgan fingerprint density at radius 2 is 2.15 bits per heavy atom. The lowest BCUT2D eigenvalue weighted by atomic mass is 10.3. The second kappa shape index (κ2) is 6.63. The molecule has 0 N–H and O–H groups in total. The molecule has 110 valence electrons. The minimum atomic E-state index is -0.947. The highest BCUT2D eigenvalue weighted by Crippen LogP contribution is 2.21. The number of halogens is 3. The average Bonchev–Trinajstić information content (AvgIpc) is 2.74. The molecule has 7 heteroatoms.